The van der Waals surface area contributed by atoms with Gasteiger partial charge in [-0.3, -0.25) is 4.98 Å². The zero-order valence-electron chi connectivity index (χ0n) is 18.8. The molecule has 0 spiro atoms. The molecule has 0 amide bonds. The van der Waals surface area contributed by atoms with Crippen molar-refractivity contribution in [2.45, 2.75) is 13.0 Å². The van der Waals surface area contributed by atoms with Gasteiger partial charge in [0.2, 0.25) is 0 Å². The van der Waals surface area contributed by atoms with Gasteiger partial charge in [0.15, 0.2) is 0 Å². The fourth-order valence-corrected chi connectivity index (χ4v) is 5.03. The van der Waals surface area contributed by atoms with Crippen LogP contribution in [0.4, 0.5) is 0 Å². The molecule has 5 rings (SSSR count). The summed E-state index contributed by atoms with van der Waals surface area (Å²) in [6, 6.07) is 16.2. The second kappa shape index (κ2) is 9.86. The Labute approximate surface area is 205 Å². The Kier molecular flexibility index (Phi) is 6.70. The number of aryl methyl sites for hydroxylation is 1. The van der Waals surface area contributed by atoms with Crippen molar-refractivity contribution in [1.29, 1.82) is 0 Å². The van der Waals surface area contributed by atoms with E-state index < -0.39 is 0 Å². The van der Waals surface area contributed by atoms with Crippen molar-refractivity contribution in [2.24, 2.45) is 0 Å². The summed E-state index contributed by atoms with van der Waals surface area (Å²) in [5.41, 5.74) is 5.52. The Morgan fingerprint density at radius 1 is 0.848 bits per heavy atom. The molecule has 0 radical (unpaired) electrons. The van der Waals surface area contributed by atoms with E-state index in [1.807, 2.05) is 48.8 Å². The summed E-state index contributed by atoms with van der Waals surface area (Å²) in [6.07, 6.45) is 7.17. The van der Waals surface area contributed by atoms with Crippen LogP contribution in [0.5, 0.6) is 0 Å². The predicted octanol–water partition coefficient (Wildman–Crippen LogP) is 6.31. The zero-order valence-corrected chi connectivity index (χ0v) is 20.4. The van der Waals surface area contributed by atoms with Gasteiger partial charge in [-0.25, -0.2) is 0 Å². The molecule has 0 saturated carbocycles. The molecule has 0 atom stereocenters. The Bertz CT molecular complexity index is 1240. The highest BCUT2D eigenvalue weighted by atomic mass is 35.5. The Morgan fingerprint density at radius 3 is 2.39 bits per heavy atom. The number of aromatic nitrogens is 2. The molecule has 1 aliphatic heterocycles. The van der Waals surface area contributed by atoms with Crippen molar-refractivity contribution in [3.63, 3.8) is 0 Å². The van der Waals surface area contributed by atoms with Crippen molar-refractivity contribution < 1.29 is 0 Å². The Hall–Kier alpha value is -2.37. The van der Waals surface area contributed by atoms with E-state index in [9.17, 15) is 0 Å². The molecule has 0 aliphatic carbocycles. The van der Waals surface area contributed by atoms with Crippen LogP contribution in [-0.4, -0.2) is 59.1 Å². The third-order valence-corrected chi connectivity index (χ3v) is 7.12. The molecule has 2 aromatic carbocycles. The number of halogens is 2. The minimum atomic E-state index is 0.731. The maximum Gasteiger partial charge on any atom is 0.0506 e. The summed E-state index contributed by atoms with van der Waals surface area (Å²) in [5.74, 6) is 0. The molecule has 3 heterocycles. The lowest BCUT2D eigenvalue weighted by Gasteiger charge is -2.32. The highest BCUT2D eigenvalue weighted by molar-refractivity contribution is 6.36. The number of piperazine rings is 1. The van der Waals surface area contributed by atoms with Gasteiger partial charge < -0.3 is 14.4 Å². The van der Waals surface area contributed by atoms with Gasteiger partial charge in [-0.05, 0) is 55.9 Å². The molecule has 6 heteroatoms. The van der Waals surface area contributed by atoms with Crippen molar-refractivity contribution in [3.05, 3.63) is 77.2 Å². The van der Waals surface area contributed by atoms with Crippen LogP contribution in [0.1, 0.15) is 6.42 Å². The van der Waals surface area contributed by atoms with Crippen LogP contribution in [0.15, 0.2) is 67.1 Å². The molecular weight excluding hydrogens is 451 g/mol. The average Bonchev–Trinajstić information content (AvgIpc) is 3.21. The van der Waals surface area contributed by atoms with Gasteiger partial charge in [0, 0.05) is 78.4 Å². The first-order chi connectivity index (χ1) is 16.1. The van der Waals surface area contributed by atoms with Gasteiger partial charge in [-0.2, -0.15) is 0 Å². The molecule has 4 nitrogen and oxygen atoms in total. The molecule has 170 valence electrons. The summed E-state index contributed by atoms with van der Waals surface area (Å²) in [6.45, 7) is 6.71. The summed E-state index contributed by atoms with van der Waals surface area (Å²) in [5, 5.41) is 2.60. The lowest BCUT2D eigenvalue weighted by molar-refractivity contribution is 0.151. The van der Waals surface area contributed by atoms with Gasteiger partial charge in [-0.15, -0.1) is 0 Å². The van der Waals surface area contributed by atoms with Crippen molar-refractivity contribution in [2.75, 3.05) is 39.8 Å². The molecule has 1 saturated heterocycles. The van der Waals surface area contributed by atoms with E-state index in [2.05, 4.69) is 44.7 Å². The first-order valence-electron chi connectivity index (χ1n) is 11.5. The number of nitrogens with zero attached hydrogens (tertiary/aromatic N) is 4. The van der Waals surface area contributed by atoms with E-state index >= 15 is 0 Å². The number of benzene rings is 2. The van der Waals surface area contributed by atoms with Crippen LogP contribution >= 0.6 is 23.2 Å². The molecule has 1 fully saturated rings. The minimum Gasteiger partial charge on any atom is -0.347 e. The number of rotatable bonds is 6. The quantitative estimate of drug-likeness (QED) is 0.324. The number of hydrogen-bond donors (Lipinski definition) is 0. The highest BCUT2D eigenvalue weighted by Crippen LogP contribution is 2.36. The fraction of sp³-hybridized carbons (Fsp3) is 0.296. The van der Waals surface area contributed by atoms with E-state index in [1.165, 1.54) is 5.52 Å². The predicted molar refractivity (Wildman–Crippen MR) is 139 cm³/mol. The summed E-state index contributed by atoms with van der Waals surface area (Å²) in [7, 11) is 2.20. The van der Waals surface area contributed by atoms with E-state index in [4.69, 9.17) is 23.2 Å². The van der Waals surface area contributed by atoms with Crippen molar-refractivity contribution in [1.82, 2.24) is 19.4 Å². The van der Waals surface area contributed by atoms with E-state index in [-0.39, 0.29) is 0 Å². The normalized spacial score (nSPS) is 15.4. The standard InChI is InChI=1S/C27H28Cl2N4/c1-31-12-14-32(15-13-31)10-3-11-33-19-24(27-25(29)4-2-5-26(27)33)22-16-21(17-30-18-22)20-6-8-23(28)9-7-20/h2,4-9,16-19H,3,10-15H2,1H3. The van der Waals surface area contributed by atoms with Crippen LogP contribution in [0, 0.1) is 0 Å². The largest absolute Gasteiger partial charge is 0.347 e. The fourth-order valence-electron chi connectivity index (χ4n) is 4.64. The van der Waals surface area contributed by atoms with Crippen LogP contribution in [-0.2, 0) is 6.54 Å². The van der Waals surface area contributed by atoms with Crippen LogP contribution < -0.4 is 0 Å². The topological polar surface area (TPSA) is 24.3 Å². The summed E-state index contributed by atoms with van der Waals surface area (Å²) in [4.78, 5) is 9.51. The van der Waals surface area contributed by atoms with E-state index in [1.54, 1.807) is 0 Å². The average molecular weight is 479 g/mol. The molecular formula is C27H28Cl2N4. The van der Waals surface area contributed by atoms with Crippen LogP contribution in [0.25, 0.3) is 33.2 Å². The minimum absolute atomic E-state index is 0.731. The molecule has 4 aromatic rings. The number of likely N-dealkylation sites (N-methyl/N-ethyl adjacent to an activating group) is 1. The molecule has 0 bridgehead atoms. The van der Waals surface area contributed by atoms with Gasteiger partial charge in [0.05, 0.1) is 10.5 Å². The van der Waals surface area contributed by atoms with E-state index in [0.29, 0.717) is 0 Å². The SMILES string of the molecule is CN1CCN(CCCn2cc(-c3cncc(-c4ccc(Cl)cc4)c3)c3c(Cl)cccc32)CC1. The second-order valence-corrected chi connectivity index (χ2v) is 9.68. The van der Waals surface area contributed by atoms with E-state index in [0.717, 1.165) is 83.4 Å². The van der Waals surface area contributed by atoms with Crippen molar-refractivity contribution >= 4 is 34.1 Å². The van der Waals surface area contributed by atoms with Crippen LogP contribution in [0.2, 0.25) is 10.0 Å². The van der Waals surface area contributed by atoms with Gasteiger partial charge in [-0.1, -0.05) is 41.4 Å². The molecule has 1 aliphatic rings. The Balaban J connectivity index is 1.43. The second-order valence-electron chi connectivity index (χ2n) is 8.84. The summed E-state index contributed by atoms with van der Waals surface area (Å²) >= 11 is 12.8. The molecule has 0 unspecified atom stereocenters. The number of hydrogen-bond acceptors (Lipinski definition) is 3. The van der Waals surface area contributed by atoms with Crippen LogP contribution in [0.3, 0.4) is 0 Å². The number of fused-ring (bicyclic) bond motifs is 1. The molecule has 2 aromatic heterocycles. The third kappa shape index (κ3) is 4.95. The third-order valence-electron chi connectivity index (χ3n) is 6.55. The van der Waals surface area contributed by atoms with Gasteiger partial charge in [0.1, 0.15) is 0 Å². The monoisotopic (exact) mass is 478 g/mol. The molecule has 0 N–H and O–H groups in total. The maximum atomic E-state index is 6.71. The maximum absolute atomic E-state index is 6.71. The molecule has 33 heavy (non-hydrogen) atoms. The first kappa shape index (κ1) is 22.4. The van der Waals surface area contributed by atoms with Gasteiger partial charge in [0.25, 0.3) is 0 Å². The smallest absolute Gasteiger partial charge is 0.0506 e. The van der Waals surface area contributed by atoms with Gasteiger partial charge >= 0.3 is 0 Å². The first-order valence-corrected chi connectivity index (χ1v) is 12.2. The highest BCUT2D eigenvalue weighted by Gasteiger charge is 2.16. The number of pyridine rings is 1. The lowest BCUT2D eigenvalue weighted by atomic mass is 10.0. The summed E-state index contributed by atoms with van der Waals surface area (Å²) < 4.78 is 2.35. The Morgan fingerprint density at radius 2 is 1.61 bits per heavy atom. The van der Waals surface area contributed by atoms with Crippen molar-refractivity contribution in [3.8, 4) is 22.3 Å². The zero-order chi connectivity index (χ0) is 22.8. The lowest BCUT2D eigenvalue weighted by Crippen LogP contribution is -2.44.